The number of benzene rings is 4. The molecule has 0 amide bonds. The van der Waals surface area contributed by atoms with E-state index in [1.54, 1.807) is 78.9 Å². The first-order chi connectivity index (χ1) is 14.5. The van der Waals surface area contributed by atoms with Gasteiger partial charge >= 0.3 is 11.9 Å². The molecule has 0 spiro atoms. The topological polar surface area (TPSA) is 105 Å². The number of anilines is 2. The van der Waals surface area contributed by atoms with Crippen LogP contribution in [0.4, 0.5) is 11.4 Å². The lowest BCUT2D eigenvalue weighted by atomic mass is 10.1. The highest BCUT2D eigenvalue weighted by atomic mass is 16.5. The molecule has 0 saturated carbocycles. The first-order valence-corrected chi connectivity index (χ1v) is 9.18. The summed E-state index contributed by atoms with van der Waals surface area (Å²) in [6.07, 6.45) is 0. The second-order valence-corrected chi connectivity index (χ2v) is 6.66. The van der Waals surface area contributed by atoms with E-state index in [0.29, 0.717) is 39.4 Å². The van der Waals surface area contributed by atoms with Crippen molar-refractivity contribution in [2.45, 2.75) is 0 Å². The van der Waals surface area contributed by atoms with Crippen molar-refractivity contribution in [3.8, 4) is 11.5 Å². The van der Waals surface area contributed by atoms with Crippen molar-refractivity contribution in [3.63, 3.8) is 0 Å². The number of carbonyl (C=O) groups excluding carboxylic acids is 2. The summed E-state index contributed by atoms with van der Waals surface area (Å²) < 4.78 is 11.0. The second-order valence-electron chi connectivity index (χ2n) is 6.66. The minimum Gasteiger partial charge on any atom is -0.423 e. The Balaban J connectivity index is 1.55. The average Bonchev–Trinajstić information content (AvgIpc) is 2.74. The molecule has 4 aromatic carbocycles. The average molecular weight is 398 g/mol. The van der Waals surface area contributed by atoms with Gasteiger partial charge in [0.2, 0.25) is 0 Å². The van der Waals surface area contributed by atoms with Crippen LogP contribution in [0.2, 0.25) is 0 Å². The Morgan fingerprint density at radius 1 is 0.633 bits per heavy atom. The van der Waals surface area contributed by atoms with Crippen LogP contribution in [0.25, 0.3) is 10.8 Å². The molecule has 0 unspecified atom stereocenters. The monoisotopic (exact) mass is 398 g/mol. The highest BCUT2D eigenvalue weighted by Gasteiger charge is 2.13. The highest BCUT2D eigenvalue weighted by Crippen LogP contribution is 2.30. The first-order valence-electron chi connectivity index (χ1n) is 9.18. The SMILES string of the molecule is Nc1ccc(C(=O)Oc2ccc3c(OC(=O)c4ccc(N)cc4)cccc3c2)cc1. The Labute approximate surface area is 172 Å². The van der Waals surface area contributed by atoms with E-state index in [1.165, 1.54) is 0 Å². The molecule has 6 heteroatoms. The van der Waals surface area contributed by atoms with Crippen LogP contribution in [0.5, 0.6) is 11.5 Å². The fraction of sp³-hybridized carbons (Fsp3) is 0. The van der Waals surface area contributed by atoms with Gasteiger partial charge < -0.3 is 20.9 Å². The minimum absolute atomic E-state index is 0.381. The number of ether oxygens (including phenoxy) is 2. The maximum atomic E-state index is 12.4. The predicted molar refractivity (Wildman–Crippen MR) is 116 cm³/mol. The third-order valence-corrected chi connectivity index (χ3v) is 4.52. The lowest BCUT2D eigenvalue weighted by molar-refractivity contribution is 0.0727. The highest BCUT2D eigenvalue weighted by molar-refractivity contribution is 5.97. The molecule has 0 saturated heterocycles. The smallest absolute Gasteiger partial charge is 0.343 e. The molecule has 4 N–H and O–H groups in total. The zero-order valence-electron chi connectivity index (χ0n) is 15.9. The first kappa shape index (κ1) is 19.0. The standard InChI is InChI=1S/C24H18N2O4/c25-18-8-4-15(5-9-18)23(27)29-20-12-13-21-17(14-20)2-1-3-22(21)30-24(28)16-6-10-19(26)11-7-16/h1-14H,25-26H2. The third-order valence-electron chi connectivity index (χ3n) is 4.52. The van der Waals surface area contributed by atoms with E-state index in [-0.39, 0.29) is 0 Å². The summed E-state index contributed by atoms with van der Waals surface area (Å²) in [6, 6.07) is 23.4. The van der Waals surface area contributed by atoms with Crippen LogP contribution < -0.4 is 20.9 Å². The van der Waals surface area contributed by atoms with Gasteiger partial charge in [0.05, 0.1) is 11.1 Å². The number of carbonyl (C=O) groups is 2. The van der Waals surface area contributed by atoms with Crippen molar-refractivity contribution >= 4 is 34.1 Å². The third kappa shape index (κ3) is 4.07. The number of rotatable bonds is 4. The van der Waals surface area contributed by atoms with Crippen molar-refractivity contribution in [1.29, 1.82) is 0 Å². The number of fused-ring (bicyclic) bond motifs is 1. The van der Waals surface area contributed by atoms with Gasteiger partial charge in [0.1, 0.15) is 11.5 Å². The van der Waals surface area contributed by atoms with Crippen LogP contribution in [0.3, 0.4) is 0 Å². The van der Waals surface area contributed by atoms with Crippen molar-refractivity contribution in [2.75, 3.05) is 11.5 Å². The minimum atomic E-state index is -0.486. The summed E-state index contributed by atoms with van der Waals surface area (Å²) in [6.45, 7) is 0. The Bertz CT molecular complexity index is 1230. The van der Waals surface area contributed by atoms with E-state index in [2.05, 4.69) is 0 Å². The molecule has 0 radical (unpaired) electrons. The number of nitrogen functional groups attached to an aromatic ring is 2. The fourth-order valence-electron chi connectivity index (χ4n) is 2.95. The molecule has 0 bridgehead atoms. The summed E-state index contributed by atoms with van der Waals surface area (Å²) in [5.74, 6) is -0.182. The van der Waals surface area contributed by atoms with Crippen LogP contribution >= 0.6 is 0 Å². The van der Waals surface area contributed by atoms with Gasteiger partial charge in [0, 0.05) is 16.8 Å². The normalized spacial score (nSPS) is 10.5. The summed E-state index contributed by atoms with van der Waals surface area (Å²) in [5.41, 5.74) is 13.2. The van der Waals surface area contributed by atoms with Gasteiger partial charge in [0.25, 0.3) is 0 Å². The number of hydrogen-bond acceptors (Lipinski definition) is 6. The van der Waals surface area contributed by atoms with Gasteiger partial charge in [-0.05, 0) is 78.2 Å². The summed E-state index contributed by atoms with van der Waals surface area (Å²) in [5, 5.41) is 1.48. The maximum absolute atomic E-state index is 12.4. The summed E-state index contributed by atoms with van der Waals surface area (Å²) >= 11 is 0. The maximum Gasteiger partial charge on any atom is 0.343 e. The Morgan fingerprint density at radius 3 is 1.80 bits per heavy atom. The van der Waals surface area contributed by atoms with Crippen molar-refractivity contribution in [3.05, 3.63) is 96.1 Å². The Kier molecular flexibility index (Phi) is 5.05. The van der Waals surface area contributed by atoms with Crippen LogP contribution in [-0.2, 0) is 0 Å². The van der Waals surface area contributed by atoms with E-state index < -0.39 is 11.9 Å². The lowest BCUT2D eigenvalue weighted by Gasteiger charge is -2.10. The van der Waals surface area contributed by atoms with E-state index in [9.17, 15) is 9.59 Å². The molecule has 0 fully saturated rings. The molecule has 4 rings (SSSR count). The van der Waals surface area contributed by atoms with Gasteiger partial charge in [0.15, 0.2) is 0 Å². The zero-order chi connectivity index (χ0) is 21.1. The molecule has 0 aromatic heterocycles. The van der Waals surface area contributed by atoms with E-state index >= 15 is 0 Å². The van der Waals surface area contributed by atoms with E-state index in [0.717, 1.165) is 5.39 Å². The Morgan fingerprint density at radius 2 is 1.20 bits per heavy atom. The molecule has 0 aliphatic rings. The quantitative estimate of drug-likeness (QED) is 0.299. The molecule has 0 atom stereocenters. The predicted octanol–water partition coefficient (Wildman–Crippen LogP) is 4.44. The molecular formula is C24H18N2O4. The van der Waals surface area contributed by atoms with E-state index in [4.69, 9.17) is 20.9 Å². The summed E-state index contributed by atoms with van der Waals surface area (Å²) in [4.78, 5) is 24.7. The molecule has 6 nitrogen and oxygen atoms in total. The van der Waals surface area contributed by atoms with Crippen molar-refractivity contribution in [2.24, 2.45) is 0 Å². The van der Waals surface area contributed by atoms with Gasteiger partial charge in [-0.15, -0.1) is 0 Å². The molecule has 0 aliphatic heterocycles. The van der Waals surface area contributed by atoms with Crippen LogP contribution in [0.1, 0.15) is 20.7 Å². The molecule has 0 heterocycles. The number of esters is 2. The molecule has 30 heavy (non-hydrogen) atoms. The zero-order valence-corrected chi connectivity index (χ0v) is 15.9. The molecule has 4 aromatic rings. The largest absolute Gasteiger partial charge is 0.423 e. The molecular weight excluding hydrogens is 380 g/mol. The van der Waals surface area contributed by atoms with Crippen molar-refractivity contribution in [1.82, 2.24) is 0 Å². The number of nitrogens with two attached hydrogens (primary N) is 2. The van der Waals surface area contributed by atoms with Crippen LogP contribution in [0.15, 0.2) is 84.9 Å². The van der Waals surface area contributed by atoms with Gasteiger partial charge in [-0.2, -0.15) is 0 Å². The van der Waals surface area contributed by atoms with Gasteiger partial charge in [-0.3, -0.25) is 0 Å². The molecule has 0 aliphatic carbocycles. The van der Waals surface area contributed by atoms with Crippen LogP contribution in [-0.4, -0.2) is 11.9 Å². The molecule has 148 valence electrons. The fourth-order valence-corrected chi connectivity index (χ4v) is 2.95. The van der Waals surface area contributed by atoms with Crippen LogP contribution in [0, 0.1) is 0 Å². The van der Waals surface area contributed by atoms with Gasteiger partial charge in [-0.25, -0.2) is 9.59 Å². The van der Waals surface area contributed by atoms with Gasteiger partial charge in [-0.1, -0.05) is 12.1 Å². The van der Waals surface area contributed by atoms with E-state index in [1.807, 2.05) is 6.07 Å². The number of hydrogen-bond donors (Lipinski definition) is 2. The van der Waals surface area contributed by atoms with Crippen molar-refractivity contribution < 1.29 is 19.1 Å². The lowest BCUT2D eigenvalue weighted by Crippen LogP contribution is -2.09. The Hall–Kier alpha value is -4.32. The summed E-state index contributed by atoms with van der Waals surface area (Å²) in [7, 11) is 0. The second kappa shape index (κ2) is 7.97.